The minimum atomic E-state index is -0.124. The number of rotatable bonds is 7. The van der Waals surface area contributed by atoms with E-state index in [4.69, 9.17) is 15.0 Å². The molecule has 0 N–H and O–H groups in total. The first-order valence-electron chi connectivity index (χ1n) is 24.1. The largest absolute Gasteiger partial charge is 0.208 e. The predicted octanol–water partition coefficient (Wildman–Crippen LogP) is 14.9. The van der Waals surface area contributed by atoms with Gasteiger partial charge in [0.2, 0.25) is 0 Å². The molecule has 0 amide bonds. The standard InChI is InChI=1S/C63H48N4/c1-61(2)55-15-9-8-14-53(55)54-31-24-43(32-56(54)61)60-66-58(41-10-4-3-5-11-41)65-59(67-60)42-22-28-46(29-23-42)63(49-34-47-33-48-35-57(63)62(47,48)36-49)45-26-20-39(21-27-45)38-16-18-40(19-17-38)51-30-25-44(37-64)50-12-6-7-13-52(50)51/h3-32,47-49,57H,33-36H2,1-2H3. The molecule has 1 heterocycles. The molecular weight excluding hydrogens is 813 g/mol. The number of fused-ring (bicyclic) bond motifs is 5. The molecule has 6 atom stereocenters. The molecular formula is C63H48N4. The number of hydrogen-bond donors (Lipinski definition) is 0. The summed E-state index contributed by atoms with van der Waals surface area (Å²) in [5, 5.41) is 11.8. The van der Waals surface area contributed by atoms with Gasteiger partial charge in [-0.3, -0.25) is 0 Å². The maximum Gasteiger partial charge on any atom is 0.164 e. The van der Waals surface area contributed by atoms with E-state index in [0.717, 1.165) is 50.4 Å². The van der Waals surface area contributed by atoms with E-state index < -0.39 is 0 Å². The summed E-state index contributed by atoms with van der Waals surface area (Å²) >= 11 is 0. The zero-order valence-electron chi connectivity index (χ0n) is 37.7. The smallest absolute Gasteiger partial charge is 0.164 e. The van der Waals surface area contributed by atoms with Crippen molar-refractivity contribution in [3.05, 3.63) is 210 Å². The quantitative estimate of drug-likeness (QED) is 0.160. The lowest BCUT2D eigenvalue weighted by molar-refractivity contribution is -0.194. The third-order valence-corrected chi connectivity index (χ3v) is 17.7. The maximum absolute atomic E-state index is 9.73. The van der Waals surface area contributed by atoms with Crippen LogP contribution in [0.5, 0.6) is 0 Å². The molecule has 14 rings (SSSR count). The molecule has 0 aliphatic heterocycles. The average Bonchev–Trinajstić information content (AvgIpc) is 3.97. The number of nitrogens with zero attached hydrogens (tertiary/aromatic N) is 4. The molecule has 9 aromatic rings. The molecule has 4 fully saturated rings. The Bertz CT molecular complexity index is 3530. The second kappa shape index (κ2) is 14.0. The molecule has 2 bridgehead atoms. The Morgan fingerprint density at radius 2 is 0.970 bits per heavy atom. The molecule has 320 valence electrons. The van der Waals surface area contributed by atoms with Crippen LogP contribution in [0.15, 0.2) is 182 Å². The topological polar surface area (TPSA) is 62.5 Å². The van der Waals surface area contributed by atoms with Crippen LogP contribution in [0, 0.1) is 40.4 Å². The van der Waals surface area contributed by atoms with Gasteiger partial charge >= 0.3 is 0 Å². The normalized spacial score (nSPS) is 24.3. The molecule has 4 nitrogen and oxygen atoms in total. The predicted molar refractivity (Wildman–Crippen MR) is 269 cm³/mol. The van der Waals surface area contributed by atoms with Gasteiger partial charge < -0.3 is 0 Å². The second-order valence-electron chi connectivity index (χ2n) is 20.7. The summed E-state index contributed by atoms with van der Waals surface area (Å²) in [6.07, 6.45) is 5.47. The Balaban J connectivity index is 0.823. The van der Waals surface area contributed by atoms with E-state index >= 15 is 0 Å². The van der Waals surface area contributed by atoms with Crippen molar-refractivity contribution < 1.29 is 0 Å². The van der Waals surface area contributed by atoms with Crippen LogP contribution in [0.4, 0.5) is 0 Å². The first kappa shape index (κ1) is 38.8. The van der Waals surface area contributed by atoms with Crippen molar-refractivity contribution in [3.63, 3.8) is 0 Å². The third kappa shape index (κ3) is 5.32. The monoisotopic (exact) mass is 860 g/mol. The molecule has 5 aliphatic rings. The van der Waals surface area contributed by atoms with E-state index in [1.54, 1.807) is 0 Å². The Morgan fingerprint density at radius 1 is 0.448 bits per heavy atom. The summed E-state index contributed by atoms with van der Waals surface area (Å²) in [7, 11) is 0. The first-order valence-corrected chi connectivity index (χ1v) is 24.1. The Hall–Kier alpha value is -7.48. The number of nitriles is 1. The van der Waals surface area contributed by atoms with E-state index in [1.165, 1.54) is 70.2 Å². The maximum atomic E-state index is 9.73. The van der Waals surface area contributed by atoms with Crippen molar-refractivity contribution >= 4 is 10.8 Å². The zero-order chi connectivity index (χ0) is 44.6. The highest BCUT2D eigenvalue weighted by Crippen LogP contribution is 2.86. The molecule has 4 heteroatoms. The molecule has 5 aliphatic carbocycles. The lowest BCUT2D eigenvalue weighted by atomic mass is 9.33. The molecule has 4 saturated carbocycles. The van der Waals surface area contributed by atoms with Crippen molar-refractivity contribution in [3.8, 4) is 73.6 Å². The van der Waals surface area contributed by atoms with Crippen LogP contribution in [-0.2, 0) is 10.8 Å². The zero-order valence-corrected chi connectivity index (χ0v) is 37.7. The molecule has 8 aromatic carbocycles. The van der Waals surface area contributed by atoms with Gasteiger partial charge in [0.05, 0.1) is 11.6 Å². The summed E-state index contributed by atoms with van der Waals surface area (Å²) in [6.45, 7) is 4.65. The van der Waals surface area contributed by atoms with E-state index in [1.807, 2.05) is 24.3 Å². The van der Waals surface area contributed by atoms with Gasteiger partial charge in [0.15, 0.2) is 17.5 Å². The molecule has 0 saturated heterocycles. The minimum absolute atomic E-state index is 0.0146. The molecule has 67 heavy (non-hydrogen) atoms. The van der Waals surface area contributed by atoms with Crippen LogP contribution < -0.4 is 0 Å². The van der Waals surface area contributed by atoms with Gasteiger partial charge in [0.1, 0.15) is 0 Å². The fourth-order valence-electron chi connectivity index (χ4n) is 14.6. The highest BCUT2D eigenvalue weighted by Gasteiger charge is 2.81. The van der Waals surface area contributed by atoms with Crippen LogP contribution in [0.25, 0.3) is 78.3 Å². The van der Waals surface area contributed by atoms with E-state index in [-0.39, 0.29) is 10.8 Å². The number of aromatic nitrogens is 3. The second-order valence-corrected chi connectivity index (χ2v) is 20.7. The molecule has 0 radical (unpaired) electrons. The van der Waals surface area contributed by atoms with E-state index in [9.17, 15) is 5.26 Å². The van der Waals surface area contributed by atoms with Crippen LogP contribution in [0.1, 0.15) is 67.3 Å². The lowest BCUT2D eigenvalue weighted by Crippen LogP contribution is -2.65. The van der Waals surface area contributed by atoms with Crippen molar-refractivity contribution in [2.24, 2.45) is 29.1 Å². The van der Waals surface area contributed by atoms with Gasteiger partial charge in [0, 0.05) is 32.9 Å². The van der Waals surface area contributed by atoms with Crippen LogP contribution in [-0.4, -0.2) is 15.0 Å². The van der Waals surface area contributed by atoms with Crippen LogP contribution in [0.2, 0.25) is 0 Å². The number of benzene rings is 8. The van der Waals surface area contributed by atoms with Crippen molar-refractivity contribution in [2.45, 2.75) is 50.4 Å². The fourth-order valence-corrected chi connectivity index (χ4v) is 14.6. The molecule has 1 spiro atoms. The van der Waals surface area contributed by atoms with Gasteiger partial charge in [0.25, 0.3) is 0 Å². The van der Waals surface area contributed by atoms with Crippen molar-refractivity contribution in [1.29, 1.82) is 5.26 Å². The molecule has 1 aromatic heterocycles. The van der Waals surface area contributed by atoms with Gasteiger partial charge in [-0.15, -0.1) is 0 Å². The van der Waals surface area contributed by atoms with E-state index in [2.05, 4.69) is 178 Å². The van der Waals surface area contributed by atoms with Gasteiger partial charge in [-0.1, -0.05) is 184 Å². The van der Waals surface area contributed by atoms with Crippen LogP contribution in [0.3, 0.4) is 0 Å². The average molecular weight is 861 g/mol. The molecule has 6 unspecified atom stereocenters. The summed E-state index contributed by atoms with van der Waals surface area (Å²) in [4.78, 5) is 15.6. The summed E-state index contributed by atoms with van der Waals surface area (Å²) in [5.41, 5.74) is 17.0. The lowest BCUT2D eigenvalue weighted by Gasteiger charge is -2.70. The summed E-state index contributed by atoms with van der Waals surface area (Å²) in [6, 6.07) is 68.5. The summed E-state index contributed by atoms with van der Waals surface area (Å²) < 4.78 is 0. The SMILES string of the molecule is CC1(C)c2ccccc2-c2ccc(-c3nc(-c4ccccc4)nc(-c4ccc(C5(c6ccc(-c7ccc(-c8ccc(C#N)c9ccccc89)cc7)cc6)C6CC7CC8CC5C78C6)cc4)n3)cc21. The Labute approximate surface area is 392 Å². The van der Waals surface area contributed by atoms with Crippen molar-refractivity contribution in [2.75, 3.05) is 0 Å². The van der Waals surface area contributed by atoms with Gasteiger partial charge in [-0.2, -0.15) is 5.26 Å². The highest BCUT2D eigenvalue weighted by molar-refractivity contribution is 6.00. The first-order chi connectivity index (χ1) is 32.8. The minimum Gasteiger partial charge on any atom is -0.208 e. The van der Waals surface area contributed by atoms with Gasteiger partial charge in [-0.05, 0) is 128 Å². The van der Waals surface area contributed by atoms with Crippen LogP contribution >= 0.6 is 0 Å². The Kier molecular flexibility index (Phi) is 8.11. The van der Waals surface area contributed by atoms with E-state index in [0.29, 0.717) is 40.3 Å². The summed E-state index contributed by atoms with van der Waals surface area (Å²) in [5.74, 6) is 5.19. The fraction of sp³-hybridized carbons (Fsp3) is 0.206. The highest BCUT2D eigenvalue weighted by atomic mass is 15.0. The van der Waals surface area contributed by atoms with Gasteiger partial charge in [-0.25, -0.2) is 15.0 Å². The Morgan fingerprint density at radius 3 is 1.66 bits per heavy atom. The number of hydrogen-bond acceptors (Lipinski definition) is 4. The third-order valence-electron chi connectivity index (χ3n) is 17.7. The van der Waals surface area contributed by atoms with Crippen molar-refractivity contribution in [1.82, 2.24) is 15.0 Å².